The number of urea groups is 1. The molecular weight excluding hydrogens is 420 g/mol. The third kappa shape index (κ3) is 9.55. The number of rotatable bonds is 13. The molecule has 0 aromatic rings. The first-order valence-corrected chi connectivity index (χ1v) is 12.3. The van der Waals surface area contributed by atoms with Crippen molar-refractivity contribution in [2.24, 2.45) is 0 Å². The zero-order valence-electron chi connectivity index (χ0n) is 18.9. The molecule has 2 aliphatic rings. The second-order valence-corrected chi connectivity index (χ2v) is 10.5. The number of ether oxygens (including phenoxy) is 1. The van der Waals surface area contributed by atoms with E-state index < -0.39 is 23.7 Å². The van der Waals surface area contributed by atoms with Crippen LogP contribution in [0.3, 0.4) is 0 Å². The molecule has 10 heteroatoms. The van der Waals surface area contributed by atoms with Crippen LogP contribution >= 0.6 is 11.8 Å². The van der Waals surface area contributed by atoms with Gasteiger partial charge in [-0.3, -0.25) is 0 Å². The maximum absolute atomic E-state index is 11.8. The van der Waals surface area contributed by atoms with Crippen molar-refractivity contribution in [1.82, 2.24) is 21.3 Å². The van der Waals surface area contributed by atoms with Gasteiger partial charge in [-0.15, -0.1) is 0 Å². The molecule has 9 nitrogen and oxygen atoms in total. The summed E-state index contributed by atoms with van der Waals surface area (Å²) in [5.41, 5.74) is -0.654. The molecule has 0 aromatic heterocycles. The molecule has 178 valence electrons. The van der Waals surface area contributed by atoms with Gasteiger partial charge in [0.15, 0.2) is 0 Å². The summed E-state index contributed by atoms with van der Waals surface area (Å²) in [5.74, 6) is -0.0374. The van der Waals surface area contributed by atoms with Gasteiger partial charge in [0.1, 0.15) is 11.6 Å². The van der Waals surface area contributed by atoms with Crippen molar-refractivity contribution in [3.63, 3.8) is 0 Å². The molecule has 2 fully saturated rings. The van der Waals surface area contributed by atoms with Gasteiger partial charge >= 0.3 is 18.1 Å². The Labute approximate surface area is 189 Å². The fourth-order valence-electron chi connectivity index (χ4n) is 3.85. The van der Waals surface area contributed by atoms with Crippen molar-refractivity contribution in [2.45, 2.75) is 94.7 Å². The van der Waals surface area contributed by atoms with E-state index in [1.807, 2.05) is 11.8 Å². The van der Waals surface area contributed by atoms with E-state index in [1.165, 1.54) is 0 Å². The van der Waals surface area contributed by atoms with Crippen molar-refractivity contribution >= 4 is 29.9 Å². The number of hydrogen-bond donors (Lipinski definition) is 5. The predicted octanol–water partition coefficient (Wildman–Crippen LogP) is 2.45. The molecule has 2 heterocycles. The lowest BCUT2D eigenvalue weighted by Crippen LogP contribution is -2.43. The van der Waals surface area contributed by atoms with Crippen molar-refractivity contribution in [1.29, 1.82) is 0 Å². The standard InChI is InChI=1S/C21H38N4O5S/c1-21(2,3)30-20(29)24-14(18(26)27)9-6-8-12-22-11-7-4-5-10-16-17-15(13-31-16)23-19(28)25-17/h14-17,22H,4-13H2,1-3H3,(H,24,29)(H,26,27)(H2,23,25,28)/t14-,15+,16+,17+/m1/s1. The molecule has 3 amide bonds. The molecule has 31 heavy (non-hydrogen) atoms. The minimum atomic E-state index is -1.04. The van der Waals surface area contributed by atoms with Crippen LogP contribution in [0.2, 0.25) is 0 Å². The van der Waals surface area contributed by atoms with Gasteiger partial charge in [-0.25, -0.2) is 14.4 Å². The lowest BCUT2D eigenvalue weighted by molar-refractivity contribution is -0.139. The number of carboxylic acids is 1. The number of carbonyl (C=O) groups excluding carboxylic acids is 2. The van der Waals surface area contributed by atoms with E-state index in [9.17, 15) is 19.5 Å². The SMILES string of the molecule is CC(C)(C)OC(=O)N[C@H](CCCCNCCCCC[C@@H]1SC[C@@H]2NC(=O)N[C@@H]21)C(=O)O. The Bertz CT molecular complexity index is 613. The van der Waals surface area contributed by atoms with Crippen LogP contribution in [-0.2, 0) is 9.53 Å². The molecule has 0 spiro atoms. The van der Waals surface area contributed by atoms with Crippen LogP contribution in [0.25, 0.3) is 0 Å². The number of carboxylic acid groups (broad SMARTS) is 1. The van der Waals surface area contributed by atoms with Gasteiger partial charge in [0, 0.05) is 11.0 Å². The fraction of sp³-hybridized carbons (Fsp3) is 0.857. The van der Waals surface area contributed by atoms with Gasteiger partial charge in [-0.05, 0) is 66.0 Å². The molecule has 0 radical (unpaired) electrons. The maximum atomic E-state index is 11.8. The first kappa shape index (κ1) is 25.6. The van der Waals surface area contributed by atoms with Crippen LogP contribution in [0.5, 0.6) is 0 Å². The van der Waals surface area contributed by atoms with Gasteiger partial charge in [-0.1, -0.05) is 12.8 Å². The molecule has 5 N–H and O–H groups in total. The maximum Gasteiger partial charge on any atom is 0.408 e. The van der Waals surface area contributed by atoms with Crippen LogP contribution in [-0.4, -0.2) is 71.0 Å². The quantitative estimate of drug-likeness (QED) is 0.212. The van der Waals surface area contributed by atoms with E-state index in [-0.39, 0.29) is 12.1 Å². The molecule has 0 unspecified atom stereocenters. The summed E-state index contributed by atoms with van der Waals surface area (Å²) < 4.78 is 5.12. The average molecular weight is 459 g/mol. The summed E-state index contributed by atoms with van der Waals surface area (Å²) in [4.78, 5) is 34.5. The zero-order valence-corrected chi connectivity index (χ0v) is 19.7. The predicted molar refractivity (Wildman–Crippen MR) is 121 cm³/mol. The number of fused-ring (bicyclic) bond motifs is 1. The fourth-order valence-corrected chi connectivity index (χ4v) is 5.39. The Hall–Kier alpha value is -1.68. The third-order valence-corrected chi connectivity index (χ3v) is 6.87. The van der Waals surface area contributed by atoms with Gasteiger partial charge in [0.25, 0.3) is 0 Å². The summed E-state index contributed by atoms with van der Waals surface area (Å²) in [7, 11) is 0. The Balaban J connectivity index is 1.45. The molecule has 2 saturated heterocycles. The minimum absolute atomic E-state index is 0.0280. The molecule has 2 rings (SSSR count). The minimum Gasteiger partial charge on any atom is -0.480 e. The number of alkyl carbamates (subject to hydrolysis) is 1. The Kier molecular flexibility index (Phi) is 10.2. The Morgan fingerprint density at radius 3 is 2.55 bits per heavy atom. The Morgan fingerprint density at radius 2 is 1.87 bits per heavy atom. The van der Waals surface area contributed by atoms with Gasteiger partial charge in [-0.2, -0.15) is 11.8 Å². The third-order valence-electron chi connectivity index (χ3n) is 5.37. The van der Waals surface area contributed by atoms with Crippen molar-refractivity contribution in [2.75, 3.05) is 18.8 Å². The molecular formula is C21H38N4O5S. The molecule has 0 saturated carbocycles. The van der Waals surface area contributed by atoms with E-state index in [4.69, 9.17) is 4.74 Å². The lowest BCUT2D eigenvalue weighted by atomic mass is 10.0. The normalized spacial score (nSPS) is 23.6. The van der Waals surface area contributed by atoms with Gasteiger partial charge in [0.2, 0.25) is 0 Å². The van der Waals surface area contributed by atoms with Crippen molar-refractivity contribution in [3.8, 4) is 0 Å². The number of amides is 3. The summed E-state index contributed by atoms with van der Waals surface area (Å²) in [6, 6.07) is -0.373. The van der Waals surface area contributed by atoms with E-state index >= 15 is 0 Å². The highest BCUT2D eigenvalue weighted by Gasteiger charge is 2.42. The summed E-state index contributed by atoms with van der Waals surface area (Å²) >= 11 is 1.96. The van der Waals surface area contributed by atoms with Gasteiger partial charge < -0.3 is 31.1 Å². The number of nitrogens with one attached hydrogen (secondary N) is 4. The van der Waals surface area contributed by atoms with Gasteiger partial charge in [0.05, 0.1) is 12.1 Å². The van der Waals surface area contributed by atoms with Crippen LogP contribution in [0.1, 0.15) is 65.7 Å². The van der Waals surface area contributed by atoms with Crippen molar-refractivity contribution in [3.05, 3.63) is 0 Å². The summed E-state index contributed by atoms with van der Waals surface area (Å²) in [6.07, 6.45) is 5.80. The first-order chi connectivity index (χ1) is 14.7. The highest BCUT2D eigenvalue weighted by atomic mass is 32.2. The van der Waals surface area contributed by atoms with Crippen LogP contribution < -0.4 is 21.3 Å². The highest BCUT2D eigenvalue weighted by molar-refractivity contribution is 8.00. The first-order valence-electron chi connectivity index (χ1n) is 11.3. The largest absolute Gasteiger partial charge is 0.480 e. The molecule has 0 aromatic carbocycles. The van der Waals surface area contributed by atoms with E-state index in [2.05, 4.69) is 21.3 Å². The highest BCUT2D eigenvalue weighted by Crippen LogP contribution is 2.33. The molecule has 4 atom stereocenters. The number of aliphatic carboxylic acids is 1. The monoisotopic (exact) mass is 458 g/mol. The van der Waals surface area contributed by atoms with E-state index in [0.29, 0.717) is 24.1 Å². The molecule has 0 bridgehead atoms. The molecule has 2 aliphatic heterocycles. The zero-order chi connectivity index (χ0) is 22.9. The van der Waals surface area contributed by atoms with Crippen LogP contribution in [0.15, 0.2) is 0 Å². The number of unbranched alkanes of at least 4 members (excludes halogenated alkanes) is 3. The smallest absolute Gasteiger partial charge is 0.408 e. The summed E-state index contributed by atoms with van der Waals surface area (Å²) in [6.45, 7) is 7.00. The Morgan fingerprint density at radius 1 is 1.16 bits per heavy atom. The average Bonchev–Trinajstić information content (AvgIpc) is 3.20. The number of carbonyl (C=O) groups is 3. The number of thioether (sulfide) groups is 1. The second kappa shape index (κ2) is 12.4. The number of hydrogen-bond acceptors (Lipinski definition) is 6. The topological polar surface area (TPSA) is 129 Å². The van der Waals surface area contributed by atoms with Crippen molar-refractivity contribution < 1.29 is 24.2 Å². The summed E-state index contributed by atoms with van der Waals surface area (Å²) in [5, 5.41) is 21.6. The second-order valence-electron chi connectivity index (χ2n) is 9.25. The van der Waals surface area contributed by atoms with Crippen LogP contribution in [0, 0.1) is 0 Å². The van der Waals surface area contributed by atoms with Crippen LogP contribution in [0.4, 0.5) is 9.59 Å². The van der Waals surface area contributed by atoms with E-state index in [0.717, 1.165) is 50.9 Å². The molecule has 0 aliphatic carbocycles. The van der Waals surface area contributed by atoms with E-state index in [1.54, 1.807) is 20.8 Å². The lowest BCUT2D eigenvalue weighted by Gasteiger charge is -2.22.